The third kappa shape index (κ3) is 1.50. The van der Waals surface area contributed by atoms with Crippen molar-refractivity contribution in [2.45, 2.75) is 25.3 Å². The Labute approximate surface area is 94.2 Å². The van der Waals surface area contributed by atoms with Crippen LogP contribution in [0.1, 0.15) is 18.9 Å². The smallest absolute Gasteiger partial charge is 0.331 e. The molecule has 1 aromatic carbocycles. The first kappa shape index (κ1) is 10.8. The van der Waals surface area contributed by atoms with E-state index in [9.17, 15) is 9.90 Å². The molecule has 86 valence electrons. The second-order valence-electron chi connectivity index (χ2n) is 4.07. The molecule has 16 heavy (non-hydrogen) atoms. The van der Waals surface area contributed by atoms with E-state index in [1.165, 1.54) is 7.11 Å². The number of hydrogen-bond donors (Lipinski definition) is 2. The number of esters is 1. The Morgan fingerprint density at radius 3 is 3.00 bits per heavy atom. The third-order valence-corrected chi connectivity index (χ3v) is 3.14. The number of carbonyl (C=O) groups excluding carboxylic acids is 1. The van der Waals surface area contributed by atoms with Gasteiger partial charge in [-0.15, -0.1) is 0 Å². The monoisotopic (exact) mass is 221 g/mol. The largest absolute Gasteiger partial charge is 0.508 e. The van der Waals surface area contributed by atoms with Gasteiger partial charge < -0.3 is 15.2 Å². The Morgan fingerprint density at radius 2 is 2.38 bits per heavy atom. The highest BCUT2D eigenvalue weighted by Gasteiger charge is 2.43. The number of ether oxygens (including phenoxy) is 1. The molecule has 4 heteroatoms. The molecule has 1 heterocycles. The van der Waals surface area contributed by atoms with Gasteiger partial charge in [-0.3, -0.25) is 0 Å². The number of nitrogens with one attached hydrogen (secondary N) is 1. The minimum Gasteiger partial charge on any atom is -0.508 e. The molecule has 0 aliphatic carbocycles. The maximum Gasteiger partial charge on any atom is 0.331 e. The van der Waals surface area contributed by atoms with Crippen molar-refractivity contribution < 1.29 is 14.6 Å². The summed E-state index contributed by atoms with van der Waals surface area (Å²) in [7, 11) is 1.39. The number of aromatic hydroxyl groups is 1. The molecule has 0 aromatic heterocycles. The van der Waals surface area contributed by atoms with Crippen LogP contribution >= 0.6 is 0 Å². The Morgan fingerprint density at radius 1 is 1.62 bits per heavy atom. The molecule has 0 saturated carbocycles. The lowest BCUT2D eigenvalue weighted by Gasteiger charge is -2.25. The molecule has 0 fully saturated rings. The van der Waals surface area contributed by atoms with Gasteiger partial charge >= 0.3 is 5.97 Å². The number of benzene rings is 1. The molecule has 1 atom stereocenters. The number of anilines is 1. The molecule has 1 unspecified atom stereocenters. The highest BCUT2D eigenvalue weighted by atomic mass is 16.5. The molecule has 1 aliphatic heterocycles. The van der Waals surface area contributed by atoms with E-state index in [-0.39, 0.29) is 11.7 Å². The zero-order valence-electron chi connectivity index (χ0n) is 9.41. The molecule has 0 saturated heterocycles. The van der Waals surface area contributed by atoms with Crippen molar-refractivity contribution in [2.75, 3.05) is 12.4 Å². The van der Waals surface area contributed by atoms with Crippen LogP contribution in [0.3, 0.4) is 0 Å². The minimum absolute atomic E-state index is 0.197. The van der Waals surface area contributed by atoms with Crippen molar-refractivity contribution in [1.29, 1.82) is 0 Å². The van der Waals surface area contributed by atoms with Crippen LogP contribution in [-0.2, 0) is 16.0 Å². The van der Waals surface area contributed by atoms with Crippen LogP contribution in [0, 0.1) is 0 Å². The molecule has 0 amide bonds. The van der Waals surface area contributed by atoms with Gasteiger partial charge in [-0.05, 0) is 18.1 Å². The average molecular weight is 221 g/mol. The first-order chi connectivity index (χ1) is 7.61. The SMILES string of the molecule is CCC1(C(=O)OC)Cc2ccc(O)cc2N1. The van der Waals surface area contributed by atoms with E-state index in [0.717, 1.165) is 11.3 Å². The van der Waals surface area contributed by atoms with Gasteiger partial charge in [-0.25, -0.2) is 4.79 Å². The highest BCUT2D eigenvalue weighted by Crippen LogP contribution is 2.37. The van der Waals surface area contributed by atoms with Crippen LogP contribution in [0.4, 0.5) is 5.69 Å². The molecule has 0 radical (unpaired) electrons. The van der Waals surface area contributed by atoms with Gasteiger partial charge in [0.15, 0.2) is 0 Å². The molecule has 2 rings (SSSR count). The number of methoxy groups -OCH3 is 1. The number of hydrogen-bond acceptors (Lipinski definition) is 4. The minimum atomic E-state index is -0.676. The van der Waals surface area contributed by atoms with Gasteiger partial charge in [0.2, 0.25) is 0 Å². The van der Waals surface area contributed by atoms with Crippen LogP contribution in [0.2, 0.25) is 0 Å². The van der Waals surface area contributed by atoms with E-state index in [0.29, 0.717) is 12.8 Å². The van der Waals surface area contributed by atoms with Gasteiger partial charge in [0.05, 0.1) is 7.11 Å². The summed E-state index contributed by atoms with van der Waals surface area (Å²) < 4.78 is 4.83. The van der Waals surface area contributed by atoms with Crippen LogP contribution in [-0.4, -0.2) is 23.7 Å². The maximum absolute atomic E-state index is 11.8. The van der Waals surface area contributed by atoms with Crippen molar-refractivity contribution in [2.24, 2.45) is 0 Å². The summed E-state index contributed by atoms with van der Waals surface area (Å²) in [6, 6.07) is 5.09. The molecule has 1 aliphatic rings. The topological polar surface area (TPSA) is 58.6 Å². The fourth-order valence-corrected chi connectivity index (χ4v) is 2.14. The van der Waals surface area contributed by atoms with E-state index in [1.54, 1.807) is 12.1 Å². The first-order valence-electron chi connectivity index (χ1n) is 5.30. The average Bonchev–Trinajstić information content (AvgIpc) is 2.67. The zero-order valence-corrected chi connectivity index (χ0v) is 9.41. The Hall–Kier alpha value is -1.71. The van der Waals surface area contributed by atoms with E-state index in [4.69, 9.17) is 4.74 Å². The van der Waals surface area contributed by atoms with E-state index >= 15 is 0 Å². The Kier molecular flexibility index (Phi) is 2.50. The second-order valence-corrected chi connectivity index (χ2v) is 4.07. The summed E-state index contributed by atoms with van der Waals surface area (Å²) in [5.74, 6) is -0.0614. The summed E-state index contributed by atoms with van der Waals surface area (Å²) in [6.45, 7) is 1.94. The molecule has 0 spiro atoms. The lowest BCUT2D eigenvalue weighted by molar-refractivity contribution is -0.145. The van der Waals surface area contributed by atoms with Crippen LogP contribution in [0.5, 0.6) is 5.75 Å². The fraction of sp³-hybridized carbons (Fsp3) is 0.417. The fourth-order valence-electron chi connectivity index (χ4n) is 2.14. The maximum atomic E-state index is 11.8. The molecular weight excluding hydrogens is 206 g/mol. The Balaban J connectivity index is 2.35. The van der Waals surface area contributed by atoms with Crippen molar-refractivity contribution in [3.05, 3.63) is 23.8 Å². The van der Waals surface area contributed by atoms with Crippen LogP contribution in [0.15, 0.2) is 18.2 Å². The van der Waals surface area contributed by atoms with E-state index < -0.39 is 5.54 Å². The number of phenolic OH excluding ortho intramolecular Hbond substituents is 1. The predicted molar refractivity (Wildman–Crippen MR) is 60.5 cm³/mol. The van der Waals surface area contributed by atoms with Crippen molar-refractivity contribution in [3.63, 3.8) is 0 Å². The first-order valence-corrected chi connectivity index (χ1v) is 5.30. The standard InChI is InChI=1S/C12H15NO3/c1-3-12(11(15)16-2)7-8-4-5-9(14)6-10(8)13-12/h4-6,13-14H,3,7H2,1-2H3. The molecule has 2 N–H and O–H groups in total. The van der Waals surface area contributed by atoms with Crippen molar-refractivity contribution >= 4 is 11.7 Å². The second kappa shape index (κ2) is 3.70. The summed E-state index contributed by atoms with van der Waals surface area (Å²) in [6.07, 6.45) is 1.25. The lowest BCUT2D eigenvalue weighted by atomic mass is 9.92. The van der Waals surface area contributed by atoms with Crippen molar-refractivity contribution in [1.82, 2.24) is 0 Å². The van der Waals surface area contributed by atoms with Gasteiger partial charge in [-0.2, -0.15) is 0 Å². The third-order valence-electron chi connectivity index (χ3n) is 3.14. The predicted octanol–water partition coefficient (Wildman–Crippen LogP) is 1.68. The molecule has 4 nitrogen and oxygen atoms in total. The molecule has 0 bridgehead atoms. The normalized spacial score (nSPS) is 22.4. The van der Waals surface area contributed by atoms with Gasteiger partial charge in [0.1, 0.15) is 11.3 Å². The number of fused-ring (bicyclic) bond motifs is 1. The lowest BCUT2D eigenvalue weighted by Crippen LogP contribution is -2.45. The van der Waals surface area contributed by atoms with Crippen LogP contribution in [0.25, 0.3) is 0 Å². The van der Waals surface area contributed by atoms with E-state index in [2.05, 4.69) is 5.32 Å². The zero-order chi connectivity index (χ0) is 11.8. The Bertz CT molecular complexity index is 430. The summed E-state index contributed by atoms with van der Waals surface area (Å²) >= 11 is 0. The summed E-state index contributed by atoms with van der Waals surface area (Å²) in [4.78, 5) is 11.8. The van der Waals surface area contributed by atoms with Gasteiger partial charge in [-0.1, -0.05) is 13.0 Å². The van der Waals surface area contributed by atoms with Crippen molar-refractivity contribution in [3.8, 4) is 5.75 Å². The molecular formula is C12H15NO3. The van der Waals surface area contributed by atoms with Gasteiger partial charge in [0, 0.05) is 18.2 Å². The number of carbonyl (C=O) groups is 1. The highest BCUT2D eigenvalue weighted by molar-refractivity contribution is 5.88. The molecule has 1 aromatic rings. The van der Waals surface area contributed by atoms with Crippen LogP contribution < -0.4 is 5.32 Å². The number of rotatable bonds is 2. The number of phenols is 1. The summed E-state index contributed by atoms with van der Waals surface area (Å²) in [5, 5.41) is 12.5. The quantitative estimate of drug-likeness (QED) is 0.746. The summed E-state index contributed by atoms with van der Waals surface area (Å²) in [5.41, 5.74) is 1.17. The van der Waals surface area contributed by atoms with Gasteiger partial charge in [0.25, 0.3) is 0 Å². The van der Waals surface area contributed by atoms with E-state index in [1.807, 2.05) is 13.0 Å².